The van der Waals surface area contributed by atoms with Crippen LogP contribution in [-0.2, 0) is 19.3 Å². The Hall–Kier alpha value is -2.97. The average Bonchev–Trinajstić information content (AvgIpc) is 3.08. The van der Waals surface area contributed by atoms with Gasteiger partial charge in [-0.15, -0.1) is 5.10 Å². The lowest BCUT2D eigenvalue weighted by Gasteiger charge is -2.09. The minimum absolute atomic E-state index is 0.235. The van der Waals surface area contributed by atoms with Crippen LogP contribution in [0.25, 0.3) is 11.3 Å². The summed E-state index contributed by atoms with van der Waals surface area (Å²) in [5.74, 6) is 0.235. The summed E-state index contributed by atoms with van der Waals surface area (Å²) in [4.78, 5) is 4.23. The van der Waals surface area contributed by atoms with Gasteiger partial charge in [0.2, 0.25) is 5.95 Å². The summed E-state index contributed by atoms with van der Waals surface area (Å²) in [6.45, 7) is 3.19. The quantitative estimate of drug-likeness (QED) is 0.765. The van der Waals surface area contributed by atoms with E-state index in [0.717, 1.165) is 24.2 Å². The monoisotopic (exact) mass is 348 g/mol. The molecule has 0 saturated heterocycles. The average molecular weight is 348 g/mol. The summed E-state index contributed by atoms with van der Waals surface area (Å²) in [5.41, 5.74) is 0.847. The molecule has 6 nitrogen and oxygen atoms in total. The van der Waals surface area contributed by atoms with E-state index in [0.29, 0.717) is 17.8 Å². The van der Waals surface area contributed by atoms with Crippen molar-refractivity contribution in [3.8, 4) is 11.3 Å². The fraction of sp³-hybridized carbons (Fsp3) is 0.250. The highest BCUT2D eigenvalue weighted by Crippen LogP contribution is 2.31. The normalized spacial score (nSPS) is 11.5. The van der Waals surface area contributed by atoms with E-state index in [1.165, 1.54) is 12.3 Å². The van der Waals surface area contributed by atoms with Gasteiger partial charge in [0.25, 0.3) is 0 Å². The van der Waals surface area contributed by atoms with E-state index < -0.39 is 11.7 Å². The molecule has 0 bridgehead atoms. The number of hydrogen-bond donors (Lipinski definition) is 1. The molecular weight excluding hydrogens is 333 g/mol. The number of aryl methyl sites for hydroxylation is 1. The predicted molar refractivity (Wildman–Crippen MR) is 85.5 cm³/mol. The molecule has 1 aromatic carbocycles. The Morgan fingerprint density at radius 2 is 2.04 bits per heavy atom. The summed E-state index contributed by atoms with van der Waals surface area (Å²) in [5, 5.41) is 14.8. The molecule has 0 radical (unpaired) electrons. The molecule has 0 unspecified atom stereocenters. The number of aromatic nitrogens is 5. The second-order valence-electron chi connectivity index (χ2n) is 5.30. The number of hydrogen-bond acceptors (Lipinski definition) is 5. The third-order valence-corrected chi connectivity index (χ3v) is 3.51. The highest BCUT2D eigenvalue weighted by atomic mass is 19.4. The van der Waals surface area contributed by atoms with Crippen molar-refractivity contribution in [2.45, 2.75) is 26.2 Å². The van der Waals surface area contributed by atoms with Crippen LogP contribution < -0.4 is 5.32 Å². The van der Waals surface area contributed by atoms with Gasteiger partial charge in [0.1, 0.15) is 0 Å². The van der Waals surface area contributed by atoms with E-state index in [4.69, 9.17) is 0 Å². The van der Waals surface area contributed by atoms with Crippen molar-refractivity contribution in [1.82, 2.24) is 25.0 Å². The van der Waals surface area contributed by atoms with Gasteiger partial charge in [-0.3, -0.25) is 4.68 Å². The van der Waals surface area contributed by atoms with Crippen LogP contribution in [0.2, 0.25) is 0 Å². The second kappa shape index (κ2) is 6.88. The maximum absolute atomic E-state index is 12.8. The van der Waals surface area contributed by atoms with Crippen molar-refractivity contribution in [1.29, 1.82) is 0 Å². The van der Waals surface area contributed by atoms with Crippen LogP contribution in [0, 0.1) is 0 Å². The first-order valence-corrected chi connectivity index (χ1v) is 7.58. The summed E-state index contributed by atoms with van der Waals surface area (Å²) in [6.07, 6.45) is 0.532. The molecule has 0 aliphatic heterocycles. The van der Waals surface area contributed by atoms with E-state index in [2.05, 4.69) is 25.6 Å². The standard InChI is InChI=1S/C16H15F3N6/c1-2-25-10-11(8-22-25)7-20-15-23-14(9-21-24-15)12-4-3-5-13(6-12)16(17,18)19/h3-6,8-10H,2,7H2,1H3,(H,20,23,24). The van der Waals surface area contributed by atoms with Crippen molar-refractivity contribution in [2.75, 3.05) is 5.32 Å². The van der Waals surface area contributed by atoms with Crippen LogP contribution in [0.4, 0.5) is 19.1 Å². The molecule has 0 spiro atoms. The summed E-state index contributed by atoms with van der Waals surface area (Å²) < 4.78 is 40.3. The van der Waals surface area contributed by atoms with Crippen molar-refractivity contribution in [3.63, 3.8) is 0 Å². The Labute approximate surface area is 141 Å². The van der Waals surface area contributed by atoms with Gasteiger partial charge in [-0.05, 0) is 19.1 Å². The van der Waals surface area contributed by atoms with Crippen LogP contribution in [0.3, 0.4) is 0 Å². The fourth-order valence-electron chi connectivity index (χ4n) is 2.22. The van der Waals surface area contributed by atoms with Gasteiger partial charge < -0.3 is 5.32 Å². The Morgan fingerprint density at radius 1 is 1.20 bits per heavy atom. The number of halogens is 3. The molecule has 0 aliphatic rings. The van der Waals surface area contributed by atoms with E-state index in [-0.39, 0.29) is 5.95 Å². The fourth-order valence-corrected chi connectivity index (χ4v) is 2.22. The van der Waals surface area contributed by atoms with Gasteiger partial charge in [-0.25, -0.2) is 4.98 Å². The molecule has 3 rings (SSSR count). The zero-order valence-corrected chi connectivity index (χ0v) is 13.3. The first-order chi connectivity index (χ1) is 12.0. The molecule has 1 N–H and O–H groups in total. The molecule has 2 aromatic heterocycles. The minimum atomic E-state index is -4.41. The minimum Gasteiger partial charge on any atom is -0.349 e. The third-order valence-electron chi connectivity index (χ3n) is 3.51. The molecule has 0 amide bonds. The molecule has 0 aliphatic carbocycles. The third kappa shape index (κ3) is 4.11. The highest BCUT2D eigenvalue weighted by molar-refractivity contribution is 5.60. The number of benzene rings is 1. The van der Waals surface area contributed by atoms with Crippen LogP contribution in [-0.4, -0.2) is 25.0 Å². The number of alkyl halides is 3. The summed E-state index contributed by atoms with van der Waals surface area (Å²) in [6, 6.07) is 4.95. The Balaban J connectivity index is 1.77. The molecule has 2 heterocycles. The van der Waals surface area contributed by atoms with E-state index in [1.54, 1.807) is 16.9 Å². The maximum Gasteiger partial charge on any atom is 0.416 e. The van der Waals surface area contributed by atoms with Gasteiger partial charge >= 0.3 is 6.18 Å². The molecule has 130 valence electrons. The second-order valence-corrected chi connectivity index (χ2v) is 5.30. The summed E-state index contributed by atoms with van der Waals surface area (Å²) >= 11 is 0. The number of nitrogens with zero attached hydrogens (tertiary/aromatic N) is 5. The van der Waals surface area contributed by atoms with Gasteiger partial charge in [-0.2, -0.15) is 23.4 Å². The van der Waals surface area contributed by atoms with Crippen molar-refractivity contribution in [2.24, 2.45) is 0 Å². The van der Waals surface area contributed by atoms with Crippen molar-refractivity contribution in [3.05, 3.63) is 54.0 Å². The highest BCUT2D eigenvalue weighted by Gasteiger charge is 2.30. The number of anilines is 1. The smallest absolute Gasteiger partial charge is 0.349 e. The Morgan fingerprint density at radius 3 is 2.76 bits per heavy atom. The van der Waals surface area contributed by atoms with Crippen LogP contribution >= 0.6 is 0 Å². The molecule has 0 atom stereocenters. The molecule has 0 saturated carbocycles. The van der Waals surface area contributed by atoms with Crippen LogP contribution in [0.5, 0.6) is 0 Å². The van der Waals surface area contributed by atoms with Crippen molar-refractivity contribution >= 4 is 5.95 Å². The zero-order valence-electron chi connectivity index (χ0n) is 13.3. The first kappa shape index (κ1) is 16.9. The van der Waals surface area contributed by atoms with Crippen molar-refractivity contribution < 1.29 is 13.2 Å². The molecule has 3 aromatic rings. The van der Waals surface area contributed by atoms with E-state index in [1.807, 2.05) is 13.1 Å². The number of rotatable bonds is 5. The topological polar surface area (TPSA) is 68.5 Å². The Kier molecular flexibility index (Phi) is 4.64. The lowest BCUT2D eigenvalue weighted by Crippen LogP contribution is -2.06. The molecule has 25 heavy (non-hydrogen) atoms. The summed E-state index contributed by atoms with van der Waals surface area (Å²) in [7, 11) is 0. The largest absolute Gasteiger partial charge is 0.416 e. The predicted octanol–water partition coefficient (Wildman–Crippen LogP) is 3.39. The zero-order chi connectivity index (χ0) is 17.9. The Bertz CT molecular complexity index is 859. The molecule has 0 fully saturated rings. The molecule has 9 heteroatoms. The molecular formula is C16H15F3N6. The van der Waals surface area contributed by atoms with E-state index >= 15 is 0 Å². The lowest BCUT2D eigenvalue weighted by atomic mass is 10.1. The van der Waals surface area contributed by atoms with E-state index in [9.17, 15) is 13.2 Å². The lowest BCUT2D eigenvalue weighted by molar-refractivity contribution is -0.137. The van der Waals surface area contributed by atoms with Gasteiger partial charge in [0.15, 0.2) is 0 Å². The van der Waals surface area contributed by atoms with Gasteiger partial charge in [-0.1, -0.05) is 12.1 Å². The first-order valence-electron chi connectivity index (χ1n) is 7.58. The van der Waals surface area contributed by atoms with Gasteiger partial charge in [0, 0.05) is 30.4 Å². The van der Waals surface area contributed by atoms with Crippen LogP contribution in [0.15, 0.2) is 42.9 Å². The maximum atomic E-state index is 12.8. The SMILES string of the molecule is CCn1cc(CNc2nncc(-c3cccc(C(F)(F)F)c3)n2)cn1. The number of nitrogens with one attached hydrogen (secondary N) is 1. The van der Waals surface area contributed by atoms with Gasteiger partial charge in [0.05, 0.1) is 23.7 Å². The van der Waals surface area contributed by atoms with Crippen LogP contribution in [0.1, 0.15) is 18.1 Å².